The molecule has 0 fully saturated rings. The molecule has 0 aliphatic carbocycles. The van der Waals surface area contributed by atoms with Crippen LogP contribution >= 0.6 is 34.8 Å². The molecule has 170 valence electrons. The minimum atomic E-state index is -0.363. The van der Waals surface area contributed by atoms with E-state index in [0.29, 0.717) is 16.7 Å². The number of carbonyl (C=O) groups is 1. The molecule has 7 nitrogen and oxygen atoms in total. The molecule has 0 spiro atoms. The Kier molecular flexibility index (Phi) is 5.61. The molecule has 0 atom stereocenters. The predicted molar refractivity (Wildman–Crippen MR) is 130 cm³/mol. The maximum absolute atomic E-state index is 13.1. The van der Waals surface area contributed by atoms with Gasteiger partial charge >= 0.3 is 0 Å². The number of anilines is 3. The van der Waals surface area contributed by atoms with Gasteiger partial charge in [-0.05, 0) is 62.2 Å². The minimum absolute atomic E-state index is 0.0651. The maximum Gasteiger partial charge on any atom is 0.268 e. The van der Waals surface area contributed by atoms with Crippen LogP contribution in [-0.4, -0.2) is 29.2 Å². The van der Waals surface area contributed by atoms with Crippen LogP contribution in [0, 0.1) is 0 Å². The summed E-state index contributed by atoms with van der Waals surface area (Å²) in [6.07, 6.45) is 2.38. The quantitative estimate of drug-likeness (QED) is 0.486. The Morgan fingerprint density at radius 2 is 1.91 bits per heavy atom. The Labute approximate surface area is 206 Å². The largest absolute Gasteiger partial charge is 0.455 e. The second kappa shape index (κ2) is 8.33. The van der Waals surface area contributed by atoms with Crippen molar-refractivity contribution in [1.82, 2.24) is 15.3 Å². The molecule has 2 aromatic carbocycles. The zero-order valence-corrected chi connectivity index (χ0v) is 20.1. The summed E-state index contributed by atoms with van der Waals surface area (Å²) in [5.74, 6) is 0.168. The number of rotatable bonds is 3. The van der Waals surface area contributed by atoms with Crippen molar-refractivity contribution < 1.29 is 9.53 Å². The molecule has 1 amide bonds. The molecule has 2 N–H and O–H groups in total. The Hall–Kier alpha value is -2.58. The highest BCUT2D eigenvalue weighted by atomic mass is 35.5. The first kappa shape index (κ1) is 22.2. The molecule has 1 aromatic heterocycles. The van der Waals surface area contributed by atoms with E-state index >= 15 is 0 Å². The molecule has 0 saturated heterocycles. The summed E-state index contributed by atoms with van der Waals surface area (Å²) in [6.45, 7) is 5.18. The normalized spacial score (nSPS) is 16.6. The van der Waals surface area contributed by atoms with Crippen LogP contribution in [0.1, 0.15) is 35.3 Å². The summed E-state index contributed by atoms with van der Waals surface area (Å²) in [6, 6.07) is 9.26. The summed E-state index contributed by atoms with van der Waals surface area (Å²) in [7, 11) is 0. The highest BCUT2D eigenvalue weighted by Crippen LogP contribution is 2.39. The number of nitrogens with one attached hydrogen (secondary N) is 2. The highest BCUT2D eigenvalue weighted by Gasteiger charge is 2.32. The lowest BCUT2D eigenvalue weighted by Crippen LogP contribution is -2.42. The maximum atomic E-state index is 13.1. The standard InChI is InChI=1S/C23H20Cl3N5O2/c1-23(2)16-4-3-14(7-12(16)5-6-28-23)29-22-27-10-15-20(30-22)33-11-31(21(15)32)19-17(25)8-13(24)9-18(19)26/h3-4,7-10,28H,5-6,11H2,1-2H3,(H,27,29,30). The number of nitrogens with zero attached hydrogens (tertiary/aromatic N) is 3. The van der Waals surface area contributed by atoms with Crippen molar-refractivity contribution in [3.05, 3.63) is 68.3 Å². The van der Waals surface area contributed by atoms with Crippen molar-refractivity contribution in [1.29, 1.82) is 0 Å². The lowest BCUT2D eigenvalue weighted by Gasteiger charge is -2.34. The Balaban J connectivity index is 1.40. The molecule has 0 saturated carbocycles. The lowest BCUT2D eigenvalue weighted by molar-refractivity contribution is 0.0932. The topological polar surface area (TPSA) is 79.4 Å². The number of aromatic nitrogens is 2. The van der Waals surface area contributed by atoms with E-state index in [1.54, 1.807) is 0 Å². The molecule has 3 aromatic rings. The van der Waals surface area contributed by atoms with Crippen LogP contribution in [0.4, 0.5) is 17.3 Å². The molecular weight excluding hydrogens is 485 g/mol. The average molecular weight is 505 g/mol. The molecule has 2 aliphatic heterocycles. The zero-order valence-electron chi connectivity index (χ0n) is 17.9. The first-order valence-electron chi connectivity index (χ1n) is 10.3. The van der Waals surface area contributed by atoms with Crippen LogP contribution in [-0.2, 0) is 12.0 Å². The van der Waals surface area contributed by atoms with Crippen molar-refractivity contribution in [2.75, 3.05) is 23.5 Å². The fourth-order valence-corrected chi connectivity index (χ4v) is 5.21. The van der Waals surface area contributed by atoms with Crippen LogP contribution in [0.5, 0.6) is 5.88 Å². The van der Waals surface area contributed by atoms with Crippen LogP contribution in [0.3, 0.4) is 0 Å². The van der Waals surface area contributed by atoms with Gasteiger partial charge in [0.15, 0.2) is 6.73 Å². The molecular formula is C23H20Cl3N5O2. The van der Waals surface area contributed by atoms with Gasteiger partial charge in [-0.25, -0.2) is 4.98 Å². The molecule has 0 bridgehead atoms. The highest BCUT2D eigenvalue weighted by molar-refractivity contribution is 6.42. The van der Waals surface area contributed by atoms with E-state index in [1.165, 1.54) is 34.4 Å². The number of carbonyl (C=O) groups excluding carboxylic acids is 1. The first-order valence-corrected chi connectivity index (χ1v) is 11.5. The minimum Gasteiger partial charge on any atom is -0.455 e. The van der Waals surface area contributed by atoms with Crippen molar-refractivity contribution >= 4 is 58.0 Å². The third-order valence-corrected chi connectivity index (χ3v) is 6.60. The van der Waals surface area contributed by atoms with Gasteiger partial charge in [-0.2, -0.15) is 4.98 Å². The van der Waals surface area contributed by atoms with Crippen LogP contribution in [0.25, 0.3) is 0 Å². The second-order valence-corrected chi connectivity index (χ2v) is 9.69. The number of hydrogen-bond donors (Lipinski definition) is 2. The van der Waals surface area contributed by atoms with Crippen molar-refractivity contribution in [2.45, 2.75) is 25.8 Å². The first-order chi connectivity index (χ1) is 15.7. The summed E-state index contributed by atoms with van der Waals surface area (Å²) in [5, 5.41) is 7.61. The van der Waals surface area contributed by atoms with E-state index in [2.05, 4.69) is 46.6 Å². The third kappa shape index (κ3) is 4.10. The number of fused-ring (bicyclic) bond motifs is 2. The number of ether oxygens (including phenoxy) is 1. The van der Waals surface area contributed by atoms with E-state index in [9.17, 15) is 4.79 Å². The van der Waals surface area contributed by atoms with Crippen molar-refractivity contribution in [3.63, 3.8) is 0 Å². The second-order valence-electron chi connectivity index (χ2n) is 8.44. The smallest absolute Gasteiger partial charge is 0.268 e. The van der Waals surface area contributed by atoms with Gasteiger partial charge in [0.2, 0.25) is 11.8 Å². The van der Waals surface area contributed by atoms with Gasteiger partial charge in [-0.15, -0.1) is 0 Å². The molecule has 3 heterocycles. The van der Waals surface area contributed by atoms with Crippen molar-refractivity contribution in [2.24, 2.45) is 0 Å². The fourth-order valence-electron chi connectivity index (χ4n) is 4.19. The Morgan fingerprint density at radius 3 is 2.67 bits per heavy atom. The molecule has 0 unspecified atom stereocenters. The summed E-state index contributed by atoms with van der Waals surface area (Å²) < 4.78 is 5.75. The molecule has 5 rings (SSSR count). The Bertz CT molecular complexity index is 1260. The van der Waals surface area contributed by atoms with Crippen LogP contribution in [0.15, 0.2) is 36.5 Å². The average Bonchev–Trinajstić information content (AvgIpc) is 2.74. The number of halogens is 3. The van der Waals surface area contributed by atoms with Crippen molar-refractivity contribution in [3.8, 4) is 5.88 Å². The fraction of sp³-hybridized carbons (Fsp3) is 0.261. The van der Waals surface area contributed by atoms with Gasteiger partial charge in [0, 0.05) is 22.4 Å². The monoisotopic (exact) mass is 503 g/mol. The molecule has 10 heteroatoms. The van der Waals surface area contributed by atoms with Gasteiger partial charge < -0.3 is 15.4 Å². The number of hydrogen-bond acceptors (Lipinski definition) is 6. The SMILES string of the molecule is CC1(C)NCCc2cc(Nc3ncc4c(n3)OCN(c3c(Cl)cc(Cl)cc3Cl)C4=O)ccc21. The van der Waals surface area contributed by atoms with Gasteiger partial charge in [-0.3, -0.25) is 9.69 Å². The number of benzene rings is 2. The van der Waals surface area contributed by atoms with Gasteiger partial charge in [0.1, 0.15) is 5.56 Å². The zero-order chi connectivity index (χ0) is 23.3. The van der Waals surface area contributed by atoms with Crippen LogP contribution in [0.2, 0.25) is 15.1 Å². The van der Waals surface area contributed by atoms with E-state index < -0.39 is 0 Å². The summed E-state index contributed by atoms with van der Waals surface area (Å²) in [4.78, 5) is 23.1. The van der Waals surface area contributed by atoms with E-state index in [1.807, 2.05) is 6.07 Å². The van der Waals surface area contributed by atoms with E-state index in [0.717, 1.165) is 18.7 Å². The summed E-state index contributed by atoms with van der Waals surface area (Å²) >= 11 is 18.5. The van der Waals surface area contributed by atoms with Gasteiger partial charge in [0.05, 0.1) is 15.7 Å². The molecule has 33 heavy (non-hydrogen) atoms. The van der Waals surface area contributed by atoms with Crippen LogP contribution < -0.4 is 20.3 Å². The molecule has 0 radical (unpaired) electrons. The third-order valence-electron chi connectivity index (χ3n) is 5.81. The summed E-state index contributed by atoms with van der Waals surface area (Å²) in [5.41, 5.74) is 3.90. The Morgan fingerprint density at radius 1 is 1.15 bits per heavy atom. The van der Waals surface area contributed by atoms with Gasteiger partial charge in [0.25, 0.3) is 5.91 Å². The van der Waals surface area contributed by atoms with E-state index in [-0.39, 0.29) is 39.7 Å². The molecule has 2 aliphatic rings. The lowest BCUT2D eigenvalue weighted by atomic mass is 9.85. The number of amides is 1. The van der Waals surface area contributed by atoms with E-state index in [4.69, 9.17) is 39.5 Å². The van der Waals surface area contributed by atoms with Gasteiger partial charge in [-0.1, -0.05) is 40.9 Å². The predicted octanol–water partition coefficient (Wildman–Crippen LogP) is 5.56.